The minimum Gasteiger partial charge on any atom is -0.478 e. The predicted molar refractivity (Wildman–Crippen MR) is 73.3 cm³/mol. The Kier molecular flexibility index (Phi) is 12.0. The smallest absolute Gasteiger partial charge is 0.478 e. The quantitative estimate of drug-likeness (QED) is 0.545. The minimum atomic E-state index is -2.43. The van der Waals surface area contributed by atoms with Gasteiger partial charge in [0.1, 0.15) is 0 Å². The molecule has 0 heterocycles. The summed E-state index contributed by atoms with van der Waals surface area (Å²) in [6.07, 6.45) is 2.56. The van der Waals surface area contributed by atoms with Crippen molar-refractivity contribution >= 4 is 14.8 Å². The van der Waals surface area contributed by atoms with Crippen LogP contribution in [0.25, 0.3) is 0 Å². The van der Waals surface area contributed by atoms with Crippen LogP contribution in [0.1, 0.15) is 26.2 Å². The third-order valence-corrected chi connectivity index (χ3v) is 4.45. The van der Waals surface area contributed by atoms with Gasteiger partial charge in [0.15, 0.2) is 0 Å². The lowest BCUT2D eigenvalue weighted by atomic mass is 10.1. The Morgan fingerprint density at radius 1 is 1.28 bits per heavy atom. The van der Waals surface area contributed by atoms with Crippen LogP contribution in [0.5, 0.6) is 0 Å². The molecular weight excluding hydrogens is 252 g/mol. The number of unbranched alkanes of at least 4 members (excludes halogenated alkanes) is 1. The molecule has 0 fully saturated rings. The first kappa shape index (κ1) is 19.4. The Morgan fingerprint density at radius 3 is 1.89 bits per heavy atom. The number of hydrogen-bond donors (Lipinski definition) is 1. The highest BCUT2D eigenvalue weighted by molar-refractivity contribution is 6.66. The molecule has 0 atom stereocenters. The molecule has 18 heavy (non-hydrogen) atoms. The molecular formula is C12H24O5Si. The first-order chi connectivity index (χ1) is 8.42. The van der Waals surface area contributed by atoms with E-state index in [1.807, 2.05) is 6.92 Å². The van der Waals surface area contributed by atoms with Crippen molar-refractivity contribution in [3.63, 3.8) is 0 Å². The summed E-state index contributed by atoms with van der Waals surface area (Å²) in [5.74, 6) is -0.872. The van der Waals surface area contributed by atoms with Crippen LogP contribution in [0.2, 0.25) is 0 Å². The first-order valence-corrected chi connectivity index (χ1v) is 7.43. The van der Waals surface area contributed by atoms with E-state index in [1.54, 1.807) is 27.0 Å². The molecule has 0 saturated carbocycles. The van der Waals surface area contributed by atoms with E-state index in [9.17, 15) is 4.79 Å². The molecule has 0 bridgehead atoms. The van der Waals surface area contributed by atoms with E-state index in [0.29, 0.717) is 12.0 Å². The minimum absolute atomic E-state index is 0.317. The Morgan fingerprint density at radius 2 is 1.72 bits per heavy atom. The van der Waals surface area contributed by atoms with Gasteiger partial charge < -0.3 is 18.4 Å². The van der Waals surface area contributed by atoms with Gasteiger partial charge in [0.25, 0.3) is 0 Å². The molecule has 0 aromatic carbocycles. The van der Waals surface area contributed by atoms with Crippen LogP contribution in [0.4, 0.5) is 0 Å². The second-order valence-corrected chi connectivity index (χ2v) is 6.27. The van der Waals surface area contributed by atoms with E-state index in [4.69, 9.17) is 18.4 Å². The number of hydrogen-bond acceptors (Lipinski definition) is 4. The van der Waals surface area contributed by atoms with E-state index in [2.05, 4.69) is 13.2 Å². The summed E-state index contributed by atoms with van der Waals surface area (Å²) >= 11 is 0. The monoisotopic (exact) mass is 276 g/mol. The molecule has 0 amide bonds. The molecule has 0 spiro atoms. The number of rotatable bonds is 8. The molecule has 0 unspecified atom stereocenters. The molecule has 5 nitrogen and oxygen atoms in total. The van der Waals surface area contributed by atoms with Crippen molar-refractivity contribution < 1.29 is 23.2 Å². The second-order valence-electron chi connectivity index (χ2n) is 3.43. The average molecular weight is 276 g/mol. The fourth-order valence-corrected chi connectivity index (χ4v) is 2.00. The average Bonchev–Trinajstić information content (AvgIpc) is 2.40. The second kappa shape index (κ2) is 11.2. The van der Waals surface area contributed by atoms with E-state index in [0.717, 1.165) is 12.8 Å². The van der Waals surface area contributed by atoms with Gasteiger partial charge in [-0.2, -0.15) is 0 Å². The molecule has 0 aliphatic heterocycles. The Hall–Kier alpha value is -0.953. The van der Waals surface area contributed by atoms with Crippen LogP contribution < -0.4 is 0 Å². The van der Waals surface area contributed by atoms with E-state index >= 15 is 0 Å². The lowest BCUT2D eigenvalue weighted by Gasteiger charge is -2.19. The molecule has 6 heteroatoms. The van der Waals surface area contributed by atoms with Crippen molar-refractivity contribution in [2.75, 3.05) is 21.3 Å². The zero-order valence-electron chi connectivity index (χ0n) is 11.7. The Balaban J connectivity index is 0. The van der Waals surface area contributed by atoms with Crippen molar-refractivity contribution in [3.05, 3.63) is 24.4 Å². The van der Waals surface area contributed by atoms with Gasteiger partial charge in [-0.1, -0.05) is 26.5 Å². The number of carbonyl (C=O) groups is 1. The lowest BCUT2D eigenvalue weighted by Crippen LogP contribution is -2.40. The SMILES string of the molecule is C=C(CCCC)C(=O)O.C=C[Si](OC)(OC)OC. The summed E-state index contributed by atoms with van der Waals surface area (Å²) < 4.78 is 14.9. The molecule has 1 N–H and O–H groups in total. The van der Waals surface area contributed by atoms with Crippen molar-refractivity contribution in [1.29, 1.82) is 0 Å². The molecule has 0 radical (unpaired) electrons. The molecule has 0 rings (SSSR count). The molecule has 0 aliphatic rings. The zero-order chi connectivity index (χ0) is 14.6. The van der Waals surface area contributed by atoms with Crippen LogP contribution in [0.3, 0.4) is 0 Å². The Labute approximate surface area is 110 Å². The molecule has 0 saturated heterocycles. The van der Waals surface area contributed by atoms with Crippen molar-refractivity contribution in [2.24, 2.45) is 0 Å². The van der Waals surface area contributed by atoms with Gasteiger partial charge in [0.2, 0.25) is 0 Å². The topological polar surface area (TPSA) is 65.0 Å². The summed E-state index contributed by atoms with van der Waals surface area (Å²) in [6, 6.07) is 0. The largest absolute Gasteiger partial charge is 0.528 e. The summed E-state index contributed by atoms with van der Waals surface area (Å²) in [6.45, 7) is 8.95. The van der Waals surface area contributed by atoms with E-state index < -0.39 is 14.8 Å². The van der Waals surface area contributed by atoms with Gasteiger partial charge in [-0.25, -0.2) is 4.79 Å². The van der Waals surface area contributed by atoms with Gasteiger partial charge in [0, 0.05) is 26.9 Å². The van der Waals surface area contributed by atoms with Gasteiger partial charge >= 0.3 is 14.8 Å². The van der Waals surface area contributed by atoms with E-state index in [1.165, 1.54) is 0 Å². The first-order valence-electron chi connectivity index (χ1n) is 5.63. The number of carboxylic acid groups (broad SMARTS) is 1. The van der Waals surface area contributed by atoms with Crippen LogP contribution in [0, 0.1) is 0 Å². The van der Waals surface area contributed by atoms with Crippen molar-refractivity contribution in [3.8, 4) is 0 Å². The van der Waals surface area contributed by atoms with Crippen molar-refractivity contribution in [1.82, 2.24) is 0 Å². The van der Waals surface area contributed by atoms with Crippen LogP contribution >= 0.6 is 0 Å². The van der Waals surface area contributed by atoms with Gasteiger partial charge in [-0.05, 0) is 18.5 Å². The maximum atomic E-state index is 10.1. The highest BCUT2D eigenvalue weighted by Crippen LogP contribution is 2.05. The summed E-state index contributed by atoms with van der Waals surface area (Å²) in [4.78, 5) is 10.1. The summed E-state index contributed by atoms with van der Waals surface area (Å²) in [5, 5.41) is 8.31. The highest BCUT2D eigenvalue weighted by Gasteiger charge is 2.33. The Bertz CT molecular complexity index is 253. The third kappa shape index (κ3) is 8.18. The molecule has 106 valence electrons. The van der Waals surface area contributed by atoms with Crippen molar-refractivity contribution in [2.45, 2.75) is 26.2 Å². The third-order valence-electron chi connectivity index (χ3n) is 2.24. The van der Waals surface area contributed by atoms with E-state index in [-0.39, 0.29) is 0 Å². The fourth-order valence-electron chi connectivity index (χ4n) is 0.997. The van der Waals surface area contributed by atoms with Gasteiger partial charge in [0.05, 0.1) is 0 Å². The molecule has 0 aliphatic carbocycles. The predicted octanol–water partition coefficient (Wildman–Crippen LogP) is 2.41. The maximum absolute atomic E-state index is 10.1. The highest BCUT2D eigenvalue weighted by atomic mass is 28.4. The number of aliphatic carboxylic acids is 1. The van der Waals surface area contributed by atoms with Gasteiger partial charge in [-0.3, -0.25) is 0 Å². The van der Waals surface area contributed by atoms with Crippen LogP contribution in [0.15, 0.2) is 24.4 Å². The van der Waals surface area contributed by atoms with Crippen LogP contribution in [-0.2, 0) is 18.1 Å². The van der Waals surface area contributed by atoms with Crippen LogP contribution in [-0.4, -0.2) is 41.2 Å². The zero-order valence-corrected chi connectivity index (χ0v) is 12.7. The fraction of sp³-hybridized carbons (Fsp3) is 0.583. The number of carboxylic acids is 1. The summed E-state index contributed by atoms with van der Waals surface area (Å²) in [5.41, 5.74) is 1.89. The molecule has 0 aromatic rings. The standard InChI is InChI=1S/C7H12O2.C5H12O3Si/c1-3-4-5-6(2)7(8)9;1-5-9(6-2,7-3)8-4/h2-5H2,1H3,(H,8,9);5H,1H2,2-4H3. The summed E-state index contributed by atoms with van der Waals surface area (Å²) in [7, 11) is 2.20. The molecule has 0 aromatic heterocycles. The lowest BCUT2D eigenvalue weighted by molar-refractivity contribution is -0.132. The normalized spacial score (nSPS) is 10.2. The maximum Gasteiger partial charge on any atom is 0.528 e. The van der Waals surface area contributed by atoms with Gasteiger partial charge in [-0.15, -0.1) is 0 Å².